The molecule has 0 atom stereocenters. The van der Waals surface area contributed by atoms with Crippen molar-refractivity contribution < 1.29 is 22.5 Å². The fourth-order valence-electron chi connectivity index (χ4n) is 1.97. The first-order valence-electron chi connectivity index (χ1n) is 6.80. The van der Waals surface area contributed by atoms with Crippen LogP contribution in [0.2, 0.25) is 0 Å². The highest BCUT2D eigenvalue weighted by atomic mass is 19.4. The quantitative estimate of drug-likeness (QED) is 0.677. The summed E-state index contributed by atoms with van der Waals surface area (Å²) in [4.78, 5) is 19.4. The molecule has 0 aliphatic heterocycles. The van der Waals surface area contributed by atoms with E-state index in [0.717, 1.165) is 0 Å². The van der Waals surface area contributed by atoms with Gasteiger partial charge in [0.05, 0.1) is 11.6 Å². The predicted octanol–water partition coefficient (Wildman–Crippen LogP) is 3.25. The van der Waals surface area contributed by atoms with Crippen LogP contribution in [0.15, 0.2) is 47.1 Å². The van der Waals surface area contributed by atoms with Crippen LogP contribution >= 0.6 is 0 Å². The van der Waals surface area contributed by atoms with Crippen molar-refractivity contribution >= 4 is 5.78 Å². The van der Waals surface area contributed by atoms with Gasteiger partial charge in [-0.15, -0.1) is 0 Å². The molecule has 3 rings (SSSR count). The molecule has 0 fully saturated rings. The molecule has 0 saturated heterocycles. The maximum absolute atomic E-state index is 12.4. The van der Waals surface area contributed by atoms with Crippen LogP contribution in [0.4, 0.5) is 13.2 Å². The molecule has 124 valence electrons. The molecule has 9 heteroatoms. The van der Waals surface area contributed by atoms with Crippen molar-refractivity contribution in [3.05, 3.63) is 65.2 Å². The molecule has 0 spiro atoms. The minimum atomic E-state index is -4.74. The standard InChI is InChI=1S/C16H7F3N4O2/c17-16(18,19)15-22-14(23-25-15)12-6-5-11(8-21-12)13(24)10-3-1-9(7-20)2-4-10/h1-6,8H. The summed E-state index contributed by atoms with van der Waals surface area (Å²) in [7, 11) is 0. The molecule has 2 aromatic heterocycles. The zero-order chi connectivity index (χ0) is 18.0. The van der Waals surface area contributed by atoms with Gasteiger partial charge in [0.2, 0.25) is 5.82 Å². The van der Waals surface area contributed by atoms with Gasteiger partial charge in [-0.05, 0) is 36.4 Å². The van der Waals surface area contributed by atoms with Gasteiger partial charge in [0, 0.05) is 17.3 Å². The van der Waals surface area contributed by atoms with E-state index >= 15 is 0 Å². The first-order chi connectivity index (χ1) is 11.9. The van der Waals surface area contributed by atoms with Crippen LogP contribution in [0, 0.1) is 11.3 Å². The summed E-state index contributed by atoms with van der Waals surface area (Å²) >= 11 is 0. The van der Waals surface area contributed by atoms with Crippen LogP contribution in [0.1, 0.15) is 27.4 Å². The van der Waals surface area contributed by atoms with Crippen LogP contribution in [0.25, 0.3) is 11.5 Å². The zero-order valence-corrected chi connectivity index (χ0v) is 12.3. The van der Waals surface area contributed by atoms with Gasteiger partial charge in [-0.1, -0.05) is 5.16 Å². The molecule has 0 N–H and O–H groups in total. The van der Waals surface area contributed by atoms with Crippen LogP contribution < -0.4 is 0 Å². The van der Waals surface area contributed by atoms with Crippen LogP contribution in [-0.4, -0.2) is 20.9 Å². The van der Waals surface area contributed by atoms with Crippen molar-refractivity contribution in [3.8, 4) is 17.6 Å². The number of alkyl halides is 3. The fraction of sp³-hybridized carbons (Fsp3) is 0.0625. The number of benzene rings is 1. The van der Waals surface area contributed by atoms with Gasteiger partial charge in [0.1, 0.15) is 5.69 Å². The van der Waals surface area contributed by atoms with Crippen molar-refractivity contribution in [1.29, 1.82) is 5.26 Å². The lowest BCUT2D eigenvalue weighted by Gasteiger charge is -2.01. The lowest BCUT2D eigenvalue weighted by molar-refractivity contribution is -0.159. The number of rotatable bonds is 3. The van der Waals surface area contributed by atoms with Crippen molar-refractivity contribution in [2.45, 2.75) is 6.18 Å². The first kappa shape index (κ1) is 16.3. The molecule has 0 saturated carbocycles. The maximum Gasteiger partial charge on any atom is 0.471 e. The van der Waals surface area contributed by atoms with E-state index in [1.807, 2.05) is 6.07 Å². The van der Waals surface area contributed by atoms with Gasteiger partial charge in [-0.3, -0.25) is 9.78 Å². The molecule has 0 aliphatic carbocycles. The van der Waals surface area contributed by atoms with Crippen molar-refractivity contribution in [1.82, 2.24) is 15.1 Å². The van der Waals surface area contributed by atoms with Crippen LogP contribution in [0.5, 0.6) is 0 Å². The Hall–Kier alpha value is -3.54. The molecule has 3 aromatic rings. The average Bonchev–Trinajstić information content (AvgIpc) is 3.12. The van der Waals surface area contributed by atoms with Gasteiger partial charge in [0.15, 0.2) is 5.78 Å². The number of hydrogen-bond acceptors (Lipinski definition) is 6. The van der Waals surface area contributed by atoms with Gasteiger partial charge >= 0.3 is 12.1 Å². The number of hydrogen-bond donors (Lipinski definition) is 0. The summed E-state index contributed by atoms with van der Waals surface area (Å²) < 4.78 is 41.5. The van der Waals surface area contributed by atoms with E-state index in [1.54, 1.807) is 0 Å². The number of carbonyl (C=O) groups is 1. The van der Waals surface area contributed by atoms with E-state index in [0.29, 0.717) is 11.1 Å². The number of nitriles is 1. The highest BCUT2D eigenvalue weighted by molar-refractivity contribution is 6.08. The summed E-state index contributed by atoms with van der Waals surface area (Å²) in [6.07, 6.45) is -3.53. The molecule has 2 heterocycles. The Kier molecular flexibility index (Phi) is 4.02. The van der Waals surface area contributed by atoms with E-state index in [1.165, 1.54) is 42.6 Å². The number of pyridine rings is 1. The van der Waals surface area contributed by atoms with Gasteiger partial charge < -0.3 is 4.52 Å². The number of halogens is 3. The topological polar surface area (TPSA) is 92.7 Å². The number of carbonyl (C=O) groups excluding carboxylic acids is 1. The van der Waals surface area contributed by atoms with Crippen molar-refractivity contribution in [3.63, 3.8) is 0 Å². The SMILES string of the molecule is N#Cc1ccc(C(=O)c2ccc(-c3noc(C(F)(F)F)n3)nc2)cc1. The molecule has 1 aromatic carbocycles. The second-order valence-corrected chi connectivity index (χ2v) is 4.87. The number of nitrogens with zero attached hydrogens (tertiary/aromatic N) is 4. The summed E-state index contributed by atoms with van der Waals surface area (Å²) in [6, 6.07) is 10.7. The molecule has 0 aliphatic rings. The Morgan fingerprint density at radius 3 is 2.28 bits per heavy atom. The summed E-state index contributed by atoms with van der Waals surface area (Å²) in [5.74, 6) is -2.14. The Bertz CT molecular complexity index is 955. The lowest BCUT2D eigenvalue weighted by Crippen LogP contribution is -2.05. The van der Waals surface area contributed by atoms with Crippen molar-refractivity contribution in [2.75, 3.05) is 0 Å². The third-order valence-corrected chi connectivity index (χ3v) is 3.20. The zero-order valence-electron chi connectivity index (χ0n) is 12.3. The van der Waals surface area contributed by atoms with E-state index in [-0.39, 0.29) is 22.9 Å². The minimum Gasteiger partial charge on any atom is -0.329 e. The highest BCUT2D eigenvalue weighted by Gasteiger charge is 2.38. The maximum atomic E-state index is 12.4. The summed E-state index contributed by atoms with van der Waals surface area (Å²) in [5.41, 5.74) is 1.04. The molecule has 0 bridgehead atoms. The summed E-state index contributed by atoms with van der Waals surface area (Å²) in [6.45, 7) is 0. The van der Waals surface area contributed by atoms with Crippen LogP contribution in [-0.2, 0) is 6.18 Å². The fourth-order valence-corrected chi connectivity index (χ4v) is 1.97. The molecule has 6 nitrogen and oxygen atoms in total. The number of ketones is 1. The Morgan fingerprint density at radius 1 is 1.08 bits per heavy atom. The molecule has 0 unspecified atom stereocenters. The van der Waals surface area contributed by atoms with E-state index in [2.05, 4.69) is 19.6 Å². The van der Waals surface area contributed by atoms with Crippen LogP contribution in [0.3, 0.4) is 0 Å². The second-order valence-electron chi connectivity index (χ2n) is 4.87. The molecule has 0 radical (unpaired) electrons. The third-order valence-electron chi connectivity index (χ3n) is 3.20. The average molecular weight is 344 g/mol. The molecule has 25 heavy (non-hydrogen) atoms. The predicted molar refractivity (Wildman–Crippen MR) is 77.1 cm³/mol. The summed E-state index contributed by atoms with van der Waals surface area (Å²) in [5, 5.41) is 12.0. The lowest BCUT2D eigenvalue weighted by atomic mass is 10.0. The Labute approximate surface area is 138 Å². The van der Waals surface area contributed by atoms with Gasteiger partial charge in [-0.25, -0.2) is 0 Å². The monoisotopic (exact) mass is 344 g/mol. The highest BCUT2D eigenvalue weighted by Crippen LogP contribution is 2.29. The molecular weight excluding hydrogens is 337 g/mol. The molecule has 0 amide bonds. The second kappa shape index (κ2) is 6.16. The van der Waals surface area contributed by atoms with E-state index in [9.17, 15) is 18.0 Å². The van der Waals surface area contributed by atoms with E-state index in [4.69, 9.17) is 5.26 Å². The largest absolute Gasteiger partial charge is 0.471 e. The van der Waals surface area contributed by atoms with Gasteiger partial charge in [0.25, 0.3) is 0 Å². The molecular formula is C16H7F3N4O2. The Morgan fingerprint density at radius 2 is 1.76 bits per heavy atom. The van der Waals surface area contributed by atoms with Gasteiger partial charge in [-0.2, -0.15) is 23.4 Å². The third kappa shape index (κ3) is 3.37. The first-order valence-corrected chi connectivity index (χ1v) is 6.80. The van der Waals surface area contributed by atoms with Crippen molar-refractivity contribution in [2.24, 2.45) is 0 Å². The smallest absolute Gasteiger partial charge is 0.329 e. The normalized spacial score (nSPS) is 11.1. The number of aromatic nitrogens is 3. The Balaban J connectivity index is 1.83. The minimum absolute atomic E-state index is 0.0376. The van der Waals surface area contributed by atoms with E-state index < -0.39 is 12.1 Å².